The maximum atomic E-state index is 10.4. The zero-order valence-electron chi connectivity index (χ0n) is 18.0. The highest BCUT2D eigenvalue weighted by Gasteiger charge is 2.44. The van der Waals surface area contributed by atoms with Crippen molar-refractivity contribution >= 4 is 11.6 Å². The zero-order valence-corrected chi connectivity index (χ0v) is 18.7. The molecule has 0 bridgehead atoms. The van der Waals surface area contributed by atoms with Gasteiger partial charge in [-0.2, -0.15) is 0 Å². The number of aryl methyl sites for hydroxylation is 1. The Kier molecular flexibility index (Phi) is 7.15. The Balaban J connectivity index is 1.51. The van der Waals surface area contributed by atoms with E-state index in [2.05, 4.69) is 16.8 Å². The van der Waals surface area contributed by atoms with Crippen molar-refractivity contribution in [2.24, 2.45) is 7.05 Å². The molecule has 1 saturated heterocycles. The van der Waals surface area contributed by atoms with Gasteiger partial charge in [-0.1, -0.05) is 41.8 Å². The lowest BCUT2D eigenvalue weighted by Crippen LogP contribution is -2.55. The molecule has 0 saturated carbocycles. The van der Waals surface area contributed by atoms with E-state index in [4.69, 9.17) is 16.3 Å². The standard InChI is InChI=1S/C25H25ClN2O5/c1-28-12-19(27-14-28)8-6-15-2-4-16(5-3-15)10-18-11-17(7-9-20(18)26)25-24(32)23(31)22(30)21(13-29)33-25/h2-5,7,9,11-12,14,21-25,29-32H,10,13H2,1H3/t21-,22-,23+,24-,25+/m1/s1. The van der Waals surface area contributed by atoms with Gasteiger partial charge in [0, 0.05) is 23.8 Å². The Morgan fingerprint density at radius 2 is 1.79 bits per heavy atom. The molecule has 1 aromatic heterocycles. The number of aliphatic hydroxyl groups is 4. The van der Waals surface area contributed by atoms with E-state index >= 15 is 0 Å². The summed E-state index contributed by atoms with van der Waals surface area (Å²) in [6, 6.07) is 13.0. The van der Waals surface area contributed by atoms with Crippen LogP contribution in [0.5, 0.6) is 0 Å². The molecule has 0 radical (unpaired) electrons. The molecule has 8 heteroatoms. The summed E-state index contributed by atoms with van der Waals surface area (Å²) in [6.07, 6.45) is -1.94. The Morgan fingerprint density at radius 3 is 2.45 bits per heavy atom. The number of hydrogen-bond acceptors (Lipinski definition) is 6. The molecule has 4 N–H and O–H groups in total. The molecule has 1 fully saturated rings. The predicted molar refractivity (Wildman–Crippen MR) is 123 cm³/mol. The predicted octanol–water partition coefficient (Wildman–Crippen LogP) is 1.58. The first-order valence-corrected chi connectivity index (χ1v) is 10.9. The zero-order chi connectivity index (χ0) is 23.5. The van der Waals surface area contributed by atoms with Crippen molar-refractivity contribution in [1.29, 1.82) is 0 Å². The van der Waals surface area contributed by atoms with Gasteiger partial charge in [0.25, 0.3) is 0 Å². The number of imidazole rings is 1. The SMILES string of the molecule is Cn1cnc(C#Cc2ccc(Cc3cc([C@@H]4O[C@H](CO)[C@@H](O)[C@H](O)[C@H]4O)ccc3Cl)cc2)c1. The van der Waals surface area contributed by atoms with E-state index in [9.17, 15) is 20.4 Å². The highest BCUT2D eigenvalue weighted by atomic mass is 35.5. The molecule has 172 valence electrons. The molecule has 4 rings (SSSR count). The van der Waals surface area contributed by atoms with Crippen LogP contribution in [0.4, 0.5) is 0 Å². The first kappa shape index (κ1) is 23.5. The molecular formula is C25H25ClN2O5. The fourth-order valence-corrected chi connectivity index (χ4v) is 4.01. The van der Waals surface area contributed by atoms with Gasteiger partial charge in [-0.3, -0.25) is 0 Å². The minimum atomic E-state index is -1.43. The van der Waals surface area contributed by atoms with Gasteiger partial charge >= 0.3 is 0 Å². The largest absolute Gasteiger partial charge is 0.394 e. The number of benzene rings is 2. The van der Waals surface area contributed by atoms with Crippen molar-refractivity contribution in [3.8, 4) is 11.8 Å². The third kappa shape index (κ3) is 5.28. The Hall–Kier alpha value is -2.70. The Bertz CT molecular complexity index is 1170. The second kappa shape index (κ2) is 10.1. The minimum absolute atomic E-state index is 0.475. The monoisotopic (exact) mass is 468 g/mol. The normalized spacial score (nSPS) is 24.8. The summed E-state index contributed by atoms with van der Waals surface area (Å²) in [6.45, 7) is -0.475. The van der Waals surface area contributed by atoms with Gasteiger partial charge in [0.1, 0.15) is 36.2 Å². The quantitative estimate of drug-likeness (QED) is 0.433. The first-order valence-electron chi connectivity index (χ1n) is 10.5. The Morgan fingerprint density at radius 1 is 1.03 bits per heavy atom. The van der Waals surface area contributed by atoms with Crippen molar-refractivity contribution in [2.75, 3.05) is 6.61 Å². The number of halogens is 1. The van der Waals surface area contributed by atoms with Gasteiger partial charge in [-0.05, 0) is 47.2 Å². The van der Waals surface area contributed by atoms with Gasteiger partial charge in [-0.15, -0.1) is 0 Å². The number of rotatable bonds is 4. The third-order valence-corrected chi connectivity index (χ3v) is 6.05. The van der Waals surface area contributed by atoms with E-state index in [-0.39, 0.29) is 0 Å². The van der Waals surface area contributed by atoms with Crippen LogP contribution in [0.1, 0.15) is 34.1 Å². The summed E-state index contributed by atoms with van der Waals surface area (Å²) in [7, 11) is 1.89. The second-order valence-corrected chi connectivity index (χ2v) is 8.56. The molecule has 2 aromatic carbocycles. The lowest BCUT2D eigenvalue weighted by atomic mass is 9.90. The van der Waals surface area contributed by atoms with Gasteiger partial charge in [-0.25, -0.2) is 4.98 Å². The molecule has 1 aliphatic rings. The number of hydrogen-bond donors (Lipinski definition) is 4. The van der Waals surface area contributed by atoms with E-state index < -0.39 is 37.1 Å². The lowest BCUT2D eigenvalue weighted by Gasteiger charge is -2.40. The van der Waals surface area contributed by atoms with E-state index in [1.165, 1.54) is 0 Å². The molecule has 0 aliphatic carbocycles. The summed E-state index contributed by atoms with van der Waals surface area (Å²) in [5, 5.41) is 40.5. The Labute approximate surface area is 196 Å². The summed E-state index contributed by atoms with van der Waals surface area (Å²) in [5.41, 5.74) is 4.01. The molecule has 3 aromatic rings. The van der Waals surface area contributed by atoms with Crippen LogP contribution in [0.25, 0.3) is 0 Å². The average Bonchev–Trinajstić information content (AvgIpc) is 3.24. The highest BCUT2D eigenvalue weighted by molar-refractivity contribution is 6.31. The minimum Gasteiger partial charge on any atom is -0.394 e. The van der Waals surface area contributed by atoms with E-state index in [0.29, 0.717) is 22.7 Å². The van der Waals surface area contributed by atoms with Gasteiger partial charge in [0.2, 0.25) is 0 Å². The number of nitrogens with zero attached hydrogens (tertiary/aromatic N) is 2. The van der Waals surface area contributed by atoms with Crippen molar-refractivity contribution in [3.63, 3.8) is 0 Å². The summed E-state index contributed by atoms with van der Waals surface area (Å²) >= 11 is 6.42. The van der Waals surface area contributed by atoms with Gasteiger partial charge < -0.3 is 29.7 Å². The maximum absolute atomic E-state index is 10.4. The topological polar surface area (TPSA) is 108 Å². The molecule has 1 aliphatic heterocycles. The molecule has 0 amide bonds. The van der Waals surface area contributed by atoms with Crippen molar-refractivity contribution in [2.45, 2.75) is 36.9 Å². The molecule has 0 unspecified atom stereocenters. The average molecular weight is 469 g/mol. The fourth-order valence-electron chi connectivity index (χ4n) is 3.82. The van der Waals surface area contributed by atoms with E-state index in [1.807, 2.05) is 48.1 Å². The van der Waals surface area contributed by atoms with E-state index in [1.54, 1.807) is 18.5 Å². The second-order valence-electron chi connectivity index (χ2n) is 8.15. The van der Waals surface area contributed by atoms with Crippen molar-refractivity contribution in [3.05, 3.63) is 88.0 Å². The summed E-state index contributed by atoms with van der Waals surface area (Å²) in [5.74, 6) is 6.12. The van der Waals surface area contributed by atoms with Crippen molar-refractivity contribution < 1.29 is 25.2 Å². The van der Waals surface area contributed by atoms with Crippen molar-refractivity contribution in [1.82, 2.24) is 9.55 Å². The highest BCUT2D eigenvalue weighted by Crippen LogP contribution is 2.34. The lowest BCUT2D eigenvalue weighted by molar-refractivity contribution is -0.231. The molecule has 5 atom stereocenters. The first-order chi connectivity index (χ1) is 15.9. The van der Waals surface area contributed by atoms with Crippen LogP contribution < -0.4 is 0 Å². The van der Waals surface area contributed by atoms with Crippen LogP contribution in [0.15, 0.2) is 55.0 Å². The van der Waals surface area contributed by atoms with Gasteiger partial charge in [0.05, 0.1) is 12.9 Å². The number of aliphatic hydroxyl groups excluding tert-OH is 4. The molecule has 0 spiro atoms. The number of ether oxygens (including phenoxy) is 1. The molecular weight excluding hydrogens is 444 g/mol. The molecule has 33 heavy (non-hydrogen) atoms. The van der Waals surface area contributed by atoms with Crippen LogP contribution in [0, 0.1) is 11.8 Å². The fraction of sp³-hybridized carbons (Fsp3) is 0.320. The van der Waals surface area contributed by atoms with Crippen LogP contribution >= 0.6 is 11.6 Å². The van der Waals surface area contributed by atoms with Crippen LogP contribution in [0.2, 0.25) is 5.02 Å². The van der Waals surface area contributed by atoms with E-state index in [0.717, 1.165) is 16.7 Å². The molecule has 7 nitrogen and oxygen atoms in total. The smallest absolute Gasteiger partial charge is 0.131 e. The summed E-state index contributed by atoms with van der Waals surface area (Å²) in [4.78, 5) is 4.19. The number of aromatic nitrogens is 2. The van der Waals surface area contributed by atoms with Crippen LogP contribution in [-0.2, 0) is 18.2 Å². The van der Waals surface area contributed by atoms with Crippen LogP contribution in [-0.4, -0.2) is 61.0 Å². The van der Waals surface area contributed by atoms with Gasteiger partial charge in [0.15, 0.2) is 0 Å². The van der Waals surface area contributed by atoms with Crippen LogP contribution in [0.3, 0.4) is 0 Å². The third-order valence-electron chi connectivity index (χ3n) is 5.68. The maximum Gasteiger partial charge on any atom is 0.131 e. The summed E-state index contributed by atoms with van der Waals surface area (Å²) < 4.78 is 7.51. The molecule has 2 heterocycles.